The Morgan fingerprint density at radius 2 is 1.89 bits per heavy atom. The number of aromatic nitrogens is 1. The van der Waals surface area contributed by atoms with Gasteiger partial charge in [-0.15, -0.1) is 17.0 Å². The number of pyridine rings is 1. The highest BCUT2D eigenvalue weighted by atomic mass is 79.9. The molecule has 3 N–H and O–H groups in total. The van der Waals surface area contributed by atoms with Gasteiger partial charge in [-0.2, -0.15) is 0 Å². The average molecular weight is 458 g/mol. The van der Waals surface area contributed by atoms with Crippen LogP contribution in [0.4, 0.5) is 10.1 Å². The minimum absolute atomic E-state index is 0. The maximum absolute atomic E-state index is 15.1. The number of hydrogen-bond donors (Lipinski definition) is 1. The standard InChI is InChI=1S/C19H22FN3O3.BrH.H2O/c1-11-3-4-12-16-13(18(24)14(19(25)26)10-23(11)16)9-15(20)17(12)22-7-5-21(2)6-8-22;;/h9-11H,3-8H2,1-2H3,(H,25,26);1H;1H2. The van der Waals surface area contributed by atoms with Crippen molar-refractivity contribution in [3.8, 4) is 0 Å². The van der Waals surface area contributed by atoms with Gasteiger partial charge >= 0.3 is 5.97 Å². The molecule has 1 aromatic heterocycles. The third-order valence-corrected chi connectivity index (χ3v) is 5.68. The number of carboxylic acids is 1. The van der Waals surface area contributed by atoms with Gasteiger partial charge in [-0.1, -0.05) is 0 Å². The molecule has 1 fully saturated rings. The van der Waals surface area contributed by atoms with Crippen molar-refractivity contribution >= 4 is 39.5 Å². The molecule has 154 valence electrons. The molecule has 0 spiro atoms. The fourth-order valence-electron chi connectivity index (χ4n) is 4.16. The van der Waals surface area contributed by atoms with Crippen LogP contribution in [0.1, 0.15) is 35.3 Å². The Balaban J connectivity index is 0.00000140. The number of piperazine rings is 1. The van der Waals surface area contributed by atoms with Crippen molar-refractivity contribution in [2.75, 3.05) is 38.1 Å². The second kappa shape index (κ2) is 8.18. The van der Waals surface area contributed by atoms with Gasteiger partial charge in [0.15, 0.2) is 0 Å². The summed E-state index contributed by atoms with van der Waals surface area (Å²) < 4.78 is 16.9. The molecule has 1 atom stereocenters. The molecule has 0 bridgehead atoms. The highest BCUT2D eigenvalue weighted by Crippen LogP contribution is 2.38. The molecule has 9 heteroatoms. The molecule has 28 heavy (non-hydrogen) atoms. The number of rotatable bonds is 2. The lowest BCUT2D eigenvalue weighted by molar-refractivity contribution is 0.0694. The minimum Gasteiger partial charge on any atom is -0.477 e. The normalized spacial score (nSPS) is 19.1. The largest absolute Gasteiger partial charge is 0.477 e. The van der Waals surface area contributed by atoms with E-state index in [1.54, 1.807) is 0 Å². The molecule has 1 unspecified atom stereocenters. The van der Waals surface area contributed by atoms with E-state index in [2.05, 4.69) is 9.80 Å². The van der Waals surface area contributed by atoms with Gasteiger partial charge in [0.2, 0.25) is 5.43 Å². The second-order valence-electron chi connectivity index (χ2n) is 7.34. The van der Waals surface area contributed by atoms with Gasteiger partial charge in [-0.05, 0) is 32.9 Å². The summed E-state index contributed by atoms with van der Waals surface area (Å²) in [6.45, 7) is 5.19. The van der Waals surface area contributed by atoms with Gasteiger partial charge in [-0.3, -0.25) is 4.79 Å². The molecular weight excluding hydrogens is 433 g/mol. The monoisotopic (exact) mass is 457 g/mol. The maximum Gasteiger partial charge on any atom is 0.341 e. The first-order chi connectivity index (χ1) is 12.4. The number of hydrogen-bond acceptors (Lipinski definition) is 4. The van der Waals surface area contributed by atoms with Crippen molar-refractivity contribution in [1.29, 1.82) is 0 Å². The summed E-state index contributed by atoms with van der Waals surface area (Å²) in [7, 11) is 2.05. The Hall–Kier alpha value is -1.97. The molecule has 0 radical (unpaired) electrons. The van der Waals surface area contributed by atoms with Crippen molar-refractivity contribution in [3.63, 3.8) is 0 Å². The lowest BCUT2D eigenvalue weighted by atomic mass is 9.93. The number of likely N-dealkylation sites (N-methyl/N-ethyl adjacent to an activating group) is 1. The van der Waals surface area contributed by atoms with E-state index in [0.717, 1.165) is 38.2 Å². The van der Waals surface area contributed by atoms with Crippen LogP contribution in [-0.4, -0.2) is 59.2 Å². The Bertz CT molecular complexity index is 970. The molecule has 2 aliphatic heterocycles. The summed E-state index contributed by atoms with van der Waals surface area (Å²) in [6, 6.07) is 1.30. The van der Waals surface area contributed by atoms with Gasteiger partial charge in [0.1, 0.15) is 11.4 Å². The first-order valence-electron chi connectivity index (χ1n) is 8.95. The van der Waals surface area contributed by atoms with Crippen molar-refractivity contribution in [2.24, 2.45) is 0 Å². The molecule has 1 aromatic carbocycles. The molecule has 0 aliphatic carbocycles. The summed E-state index contributed by atoms with van der Waals surface area (Å²) in [5, 5.41) is 9.52. The minimum atomic E-state index is -1.27. The predicted molar refractivity (Wildman–Crippen MR) is 112 cm³/mol. The molecule has 3 heterocycles. The fourth-order valence-corrected chi connectivity index (χ4v) is 4.16. The van der Waals surface area contributed by atoms with Gasteiger partial charge in [0.25, 0.3) is 0 Å². The van der Waals surface area contributed by atoms with E-state index in [1.807, 2.05) is 18.5 Å². The first kappa shape index (κ1) is 22.3. The van der Waals surface area contributed by atoms with E-state index >= 15 is 4.39 Å². The molecule has 1 saturated heterocycles. The Morgan fingerprint density at radius 3 is 2.50 bits per heavy atom. The van der Waals surface area contributed by atoms with Crippen molar-refractivity contribution < 1.29 is 19.8 Å². The molecule has 4 rings (SSSR count). The van der Waals surface area contributed by atoms with Gasteiger partial charge < -0.3 is 24.9 Å². The Kier molecular flexibility index (Phi) is 6.52. The van der Waals surface area contributed by atoms with Crippen LogP contribution in [0.3, 0.4) is 0 Å². The van der Waals surface area contributed by atoms with Gasteiger partial charge in [-0.25, -0.2) is 9.18 Å². The number of carboxylic acid groups (broad SMARTS) is 1. The number of halogens is 2. The first-order valence-corrected chi connectivity index (χ1v) is 8.95. The van der Waals surface area contributed by atoms with E-state index in [0.29, 0.717) is 17.6 Å². The van der Waals surface area contributed by atoms with Crippen LogP contribution in [-0.2, 0) is 6.42 Å². The number of nitrogens with zero attached hydrogens (tertiary/aromatic N) is 3. The predicted octanol–water partition coefficient (Wildman–Crippen LogP) is 1.85. The summed E-state index contributed by atoms with van der Waals surface area (Å²) in [5.41, 5.74) is 1.19. The molecular formula is C19H25BrFN3O4. The van der Waals surface area contributed by atoms with Crippen LogP contribution in [0.25, 0.3) is 10.9 Å². The molecule has 0 amide bonds. The van der Waals surface area contributed by atoms with Crippen LogP contribution in [0.2, 0.25) is 0 Å². The van der Waals surface area contributed by atoms with E-state index < -0.39 is 17.2 Å². The fraction of sp³-hybridized carbons (Fsp3) is 0.474. The number of aromatic carboxylic acids is 1. The number of aryl methyl sites for hydroxylation is 1. The zero-order chi connectivity index (χ0) is 18.6. The maximum atomic E-state index is 15.1. The number of carbonyl (C=O) groups is 1. The molecule has 2 aromatic rings. The van der Waals surface area contributed by atoms with Crippen LogP contribution >= 0.6 is 17.0 Å². The SMILES string of the molecule is Br.CC1CCc2c(N3CCN(C)CC3)c(F)cc3c(=O)c(C(=O)O)cn1c23.O. The van der Waals surface area contributed by atoms with Crippen LogP contribution in [0.15, 0.2) is 17.1 Å². The number of benzene rings is 1. The summed E-state index contributed by atoms with van der Waals surface area (Å²) in [5.74, 6) is -1.71. The van der Waals surface area contributed by atoms with E-state index in [-0.39, 0.29) is 39.4 Å². The van der Waals surface area contributed by atoms with Crippen LogP contribution in [0.5, 0.6) is 0 Å². The Morgan fingerprint density at radius 1 is 1.25 bits per heavy atom. The van der Waals surface area contributed by atoms with Gasteiger partial charge in [0.05, 0.1) is 11.2 Å². The third kappa shape index (κ3) is 3.42. The highest BCUT2D eigenvalue weighted by Gasteiger charge is 2.29. The average Bonchev–Trinajstić information content (AvgIpc) is 2.60. The molecule has 7 nitrogen and oxygen atoms in total. The summed E-state index contributed by atoms with van der Waals surface area (Å²) in [6.07, 6.45) is 2.89. The molecule has 2 aliphatic rings. The summed E-state index contributed by atoms with van der Waals surface area (Å²) in [4.78, 5) is 28.3. The third-order valence-electron chi connectivity index (χ3n) is 5.68. The van der Waals surface area contributed by atoms with Crippen molar-refractivity contribution in [3.05, 3.63) is 39.4 Å². The quantitative estimate of drug-likeness (QED) is 0.741. The summed E-state index contributed by atoms with van der Waals surface area (Å²) >= 11 is 0. The van der Waals surface area contributed by atoms with E-state index in [9.17, 15) is 14.7 Å². The van der Waals surface area contributed by atoms with E-state index in [4.69, 9.17) is 0 Å². The highest BCUT2D eigenvalue weighted by molar-refractivity contribution is 8.93. The van der Waals surface area contributed by atoms with Gasteiger partial charge in [0, 0.05) is 49.4 Å². The zero-order valence-corrected chi connectivity index (χ0v) is 17.6. The lowest BCUT2D eigenvalue weighted by Gasteiger charge is -2.37. The zero-order valence-electron chi connectivity index (χ0n) is 15.9. The molecule has 0 saturated carbocycles. The topological polar surface area (TPSA) is 97.3 Å². The van der Waals surface area contributed by atoms with Crippen molar-refractivity contribution in [2.45, 2.75) is 25.8 Å². The smallest absolute Gasteiger partial charge is 0.341 e. The number of anilines is 1. The van der Waals surface area contributed by atoms with Crippen LogP contribution in [0, 0.1) is 5.82 Å². The second-order valence-corrected chi connectivity index (χ2v) is 7.34. The lowest BCUT2D eigenvalue weighted by Crippen LogP contribution is -2.45. The van der Waals surface area contributed by atoms with Crippen molar-refractivity contribution in [1.82, 2.24) is 9.47 Å². The Labute approximate surface area is 172 Å². The van der Waals surface area contributed by atoms with E-state index in [1.165, 1.54) is 12.3 Å². The van der Waals surface area contributed by atoms with Crippen LogP contribution < -0.4 is 10.3 Å².